The third-order valence-electron chi connectivity index (χ3n) is 4.46. The van der Waals surface area contributed by atoms with Crippen LogP contribution in [0.4, 0.5) is 4.79 Å². The molecule has 2 aliphatic rings. The zero-order chi connectivity index (χ0) is 18.9. The van der Waals surface area contributed by atoms with Crippen LogP contribution in [0.15, 0.2) is 34.8 Å². The Bertz CT molecular complexity index is 781. The summed E-state index contributed by atoms with van der Waals surface area (Å²) in [4.78, 5) is 30.6. The SMILES string of the molecule is CC(C)(C)OC(=O)N1CCC(N=CC2=C(O)c3ccccc3C2=O)CC1. The summed E-state index contributed by atoms with van der Waals surface area (Å²) in [7, 11) is 0. The van der Waals surface area contributed by atoms with E-state index in [0.29, 0.717) is 37.1 Å². The Labute approximate surface area is 153 Å². The molecule has 0 unspecified atom stereocenters. The number of nitrogens with zero attached hydrogens (tertiary/aromatic N) is 2. The number of likely N-dealkylation sites (tertiary alicyclic amines) is 1. The van der Waals surface area contributed by atoms with Gasteiger partial charge in [-0.05, 0) is 33.6 Å². The predicted octanol–water partition coefficient (Wildman–Crippen LogP) is 3.62. The Morgan fingerprint density at radius 3 is 2.42 bits per heavy atom. The largest absolute Gasteiger partial charge is 0.506 e. The average molecular weight is 356 g/mol. The molecule has 1 aromatic carbocycles. The van der Waals surface area contributed by atoms with Gasteiger partial charge in [0.2, 0.25) is 0 Å². The third-order valence-corrected chi connectivity index (χ3v) is 4.46. The molecule has 6 heteroatoms. The van der Waals surface area contributed by atoms with Crippen molar-refractivity contribution in [2.45, 2.75) is 45.3 Å². The summed E-state index contributed by atoms with van der Waals surface area (Å²) in [6.45, 7) is 6.67. The number of aliphatic hydroxyl groups excluding tert-OH is 1. The van der Waals surface area contributed by atoms with Crippen molar-refractivity contribution in [2.24, 2.45) is 4.99 Å². The van der Waals surface area contributed by atoms with E-state index in [-0.39, 0.29) is 29.3 Å². The second-order valence-electron chi connectivity index (χ2n) is 7.61. The van der Waals surface area contributed by atoms with E-state index in [4.69, 9.17) is 4.74 Å². The lowest BCUT2D eigenvalue weighted by atomic mass is 10.1. The molecular formula is C20H24N2O4. The molecule has 0 atom stereocenters. The van der Waals surface area contributed by atoms with Crippen LogP contribution in [0.25, 0.3) is 5.76 Å². The summed E-state index contributed by atoms with van der Waals surface area (Å²) in [6, 6.07) is 7.01. The van der Waals surface area contributed by atoms with Crippen molar-refractivity contribution in [1.82, 2.24) is 4.90 Å². The molecule has 0 saturated carbocycles. The number of piperidine rings is 1. The van der Waals surface area contributed by atoms with Gasteiger partial charge in [-0.1, -0.05) is 24.3 Å². The number of rotatable bonds is 2. The maximum Gasteiger partial charge on any atom is 0.410 e. The Hall–Kier alpha value is -2.63. The molecule has 6 nitrogen and oxygen atoms in total. The van der Waals surface area contributed by atoms with Gasteiger partial charge in [0.05, 0.1) is 11.6 Å². The average Bonchev–Trinajstić information content (AvgIpc) is 2.83. The number of carbonyl (C=O) groups excluding carboxylic acids is 2. The number of Topliss-reactive ketones (excluding diaryl/α,β-unsaturated/α-hetero) is 1. The third kappa shape index (κ3) is 3.79. The van der Waals surface area contributed by atoms with E-state index in [0.717, 1.165) is 0 Å². The van der Waals surface area contributed by atoms with Crippen LogP contribution in [-0.4, -0.2) is 52.8 Å². The molecule has 1 N–H and O–H groups in total. The van der Waals surface area contributed by atoms with Crippen molar-refractivity contribution in [1.29, 1.82) is 0 Å². The van der Waals surface area contributed by atoms with Crippen LogP contribution in [0.5, 0.6) is 0 Å². The van der Waals surface area contributed by atoms with Gasteiger partial charge < -0.3 is 14.7 Å². The van der Waals surface area contributed by atoms with Gasteiger partial charge in [0.25, 0.3) is 0 Å². The van der Waals surface area contributed by atoms with Crippen molar-refractivity contribution in [3.05, 3.63) is 41.0 Å². The number of hydrogen-bond donors (Lipinski definition) is 1. The Morgan fingerprint density at radius 2 is 1.85 bits per heavy atom. The van der Waals surface area contributed by atoms with E-state index >= 15 is 0 Å². The van der Waals surface area contributed by atoms with E-state index in [1.165, 1.54) is 6.21 Å². The molecule has 1 aliphatic heterocycles. The highest BCUT2D eigenvalue weighted by Gasteiger charge is 2.29. The molecule has 1 saturated heterocycles. The highest BCUT2D eigenvalue weighted by molar-refractivity contribution is 6.30. The van der Waals surface area contributed by atoms with Gasteiger partial charge in [-0.15, -0.1) is 0 Å². The minimum atomic E-state index is -0.506. The normalized spacial score (nSPS) is 18.6. The minimum Gasteiger partial charge on any atom is -0.506 e. The molecule has 26 heavy (non-hydrogen) atoms. The first kappa shape index (κ1) is 18.2. The number of ether oxygens (including phenoxy) is 1. The summed E-state index contributed by atoms with van der Waals surface area (Å²) >= 11 is 0. The summed E-state index contributed by atoms with van der Waals surface area (Å²) in [5.74, 6) is -0.214. The van der Waals surface area contributed by atoms with Crippen molar-refractivity contribution in [2.75, 3.05) is 13.1 Å². The first-order valence-corrected chi connectivity index (χ1v) is 8.85. The molecule has 1 aromatic rings. The van der Waals surface area contributed by atoms with Gasteiger partial charge in [0.1, 0.15) is 11.4 Å². The quantitative estimate of drug-likeness (QED) is 0.821. The number of carbonyl (C=O) groups is 2. The van der Waals surface area contributed by atoms with E-state index in [1.54, 1.807) is 29.2 Å². The first-order valence-electron chi connectivity index (χ1n) is 8.85. The first-order chi connectivity index (χ1) is 12.3. The van der Waals surface area contributed by atoms with Crippen molar-refractivity contribution < 1.29 is 19.4 Å². The molecule has 0 radical (unpaired) electrons. The van der Waals surface area contributed by atoms with Crippen molar-refractivity contribution in [3.63, 3.8) is 0 Å². The summed E-state index contributed by atoms with van der Waals surface area (Å²) in [5, 5.41) is 10.3. The lowest BCUT2D eigenvalue weighted by Gasteiger charge is -2.32. The molecule has 0 spiro atoms. The monoisotopic (exact) mass is 356 g/mol. The Morgan fingerprint density at radius 1 is 1.23 bits per heavy atom. The summed E-state index contributed by atoms with van der Waals surface area (Å²) in [6.07, 6.45) is 2.57. The van der Waals surface area contributed by atoms with Gasteiger partial charge in [0, 0.05) is 30.4 Å². The van der Waals surface area contributed by atoms with Gasteiger partial charge in [-0.25, -0.2) is 4.79 Å². The molecule has 1 aliphatic carbocycles. The highest BCUT2D eigenvalue weighted by Crippen LogP contribution is 2.30. The Kier molecular flexibility index (Phi) is 4.85. The smallest absolute Gasteiger partial charge is 0.410 e. The number of benzene rings is 1. The summed E-state index contributed by atoms with van der Waals surface area (Å²) in [5.41, 5.74) is 0.791. The van der Waals surface area contributed by atoms with Crippen LogP contribution in [0.2, 0.25) is 0 Å². The van der Waals surface area contributed by atoms with E-state index in [2.05, 4.69) is 4.99 Å². The predicted molar refractivity (Wildman–Crippen MR) is 99.6 cm³/mol. The topological polar surface area (TPSA) is 79.2 Å². The summed E-state index contributed by atoms with van der Waals surface area (Å²) < 4.78 is 5.38. The fourth-order valence-corrected chi connectivity index (χ4v) is 3.11. The molecule has 1 heterocycles. The van der Waals surface area contributed by atoms with Gasteiger partial charge in [-0.3, -0.25) is 9.79 Å². The van der Waals surface area contributed by atoms with Gasteiger partial charge in [-0.2, -0.15) is 0 Å². The number of allylic oxidation sites excluding steroid dienone is 1. The van der Waals surface area contributed by atoms with Crippen LogP contribution in [0.1, 0.15) is 49.5 Å². The lowest BCUT2D eigenvalue weighted by molar-refractivity contribution is 0.0207. The number of fused-ring (bicyclic) bond motifs is 1. The fourth-order valence-electron chi connectivity index (χ4n) is 3.11. The zero-order valence-corrected chi connectivity index (χ0v) is 15.4. The second kappa shape index (κ2) is 6.94. The lowest BCUT2D eigenvalue weighted by Crippen LogP contribution is -2.42. The van der Waals surface area contributed by atoms with Crippen molar-refractivity contribution >= 4 is 23.9 Å². The number of amides is 1. The molecule has 1 amide bonds. The standard InChI is InChI=1S/C20H24N2O4/c1-20(2,3)26-19(25)22-10-8-13(9-11-22)21-12-16-17(23)14-6-4-5-7-15(14)18(16)24/h4-7,12-13,23H,8-11H2,1-3H3. The minimum absolute atomic E-state index is 0.0134. The van der Waals surface area contributed by atoms with E-state index in [9.17, 15) is 14.7 Å². The number of ketones is 1. The zero-order valence-electron chi connectivity index (χ0n) is 15.4. The van der Waals surface area contributed by atoms with E-state index in [1.807, 2.05) is 20.8 Å². The van der Waals surface area contributed by atoms with Crippen LogP contribution >= 0.6 is 0 Å². The van der Waals surface area contributed by atoms with Crippen LogP contribution in [0, 0.1) is 0 Å². The number of aliphatic imine (C=N–C) groups is 1. The van der Waals surface area contributed by atoms with Gasteiger partial charge in [0.15, 0.2) is 5.78 Å². The molecule has 138 valence electrons. The molecular weight excluding hydrogens is 332 g/mol. The van der Waals surface area contributed by atoms with Crippen LogP contribution < -0.4 is 0 Å². The number of aliphatic hydroxyl groups is 1. The molecule has 1 fully saturated rings. The maximum absolute atomic E-state index is 12.4. The molecule has 3 rings (SSSR count). The van der Waals surface area contributed by atoms with E-state index < -0.39 is 5.60 Å². The van der Waals surface area contributed by atoms with Crippen molar-refractivity contribution in [3.8, 4) is 0 Å². The Balaban J connectivity index is 1.60. The molecule has 0 bridgehead atoms. The van der Waals surface area contributed by atoms with Crippen LogP contribution in [0.3, 0.4) is 0 Å². The maximum atomic E-state index is 12.4. The fraction of sp³-hybridized carbons (Fsp3) is 0.450. The highest BCUT2D eigenvalue weighted by atomic mass is 16.6. The second-order valence-corrected chi connectivity index (χ2v) is 7.61. The van der Waals surface area contributed by atoms with Crippen LogP contribution in [-0.2, 0) is 4.74 Å². The van der Waals surface area contributed by atoms with Gasteiger partial charge >= 0.3 is 6.09 Å². The molecule has 0 aromatic heterocycles. The number of hydrogen-bond acceptors (Lipinski definition) is 5.